The Balaban J connectivity index is 2.05. The summed E-state index contributed by atoms with van der Waals surface area (Å²) >= 11 is 0. The van der Waals surface area contributed by atoms with Gasteiger partial charge in [-0.05, 0) is 31.4 Å². The van der Waals surface area contributed by atoms with Crippen LogP contribution in [0.3, 0.4) is 0 Å². The van der Waals surface area contributed by atoms with Crippen LogP contribution in [0, 0.1) is 12.8 Å². The third kappa shape index (κ3) is 3.14. The number of carbonyl (C=O) groups excluding carboxylic acids is 1. The second kappa shape index (κ2) is 6.47. The minimum absolute atomic E-state index is 0.114. The molecule has 2 rings (SSSR count). The van der Waals surface area contributed by atoms with Crippen molar-refractivity contribution in [2.24, 2.45) is 5.92 Å². The van der Waals surface area contributed by atoms with Crippen LogP contribution in [-0.2, 0) is 0 Å². The summed E-state index contributed by atoms with van der Waals surface area (Å²) in [4.78, 5) is 12.1. The van der Waals surface area contributed by atoms with Crippen molar-refractivity contribution < 1.29 is 9.90 Å². The molecular formula is C14H20N4O2. The topological polar surface area (TPSA) is 79.5 Å². The number of nitrogens with zero attached hydrogens (tertiary/aromatic N) is 3. The number of aliphatic hydroxyl groups is 1. The van der Waals surface area contributed by atoms with Crippen LogP contribution in [0.2, 0.25) is 0 Å². The van der Waals surface area contributed by atoms with Gasteiger partial charge in [-0.2, -0.15) is 0 Å². The number of aliphatic hydroxyl groups excluding tert-OH is 1. The summed E-state index contributed by atoms with van der Waals surface area (Å²) in [6, 6.07) is 3.52. The molecule has 0 aliphatic rings. The van der Waals surface area contributed by atoms with Gasteiger partial charge in [-0.3, -0.25) is 9.20 Å². The van der Waals surface area contributed by atoms with E-state index in [2.05, 4.69) is 22.4 Å². The van der Waals surface area contributed by atoms with E-state index >= 15 is 0 Å². The molecule has 0 saturated carbocycles. The van der Waals surface area contributed by atoms with E-state index in [1.54, 1.807) is 22.7 Å². The van der Waals surface area contributed by atoms with Crippen molar-refractivity contribution in [3.8, 4) is 0 Å². The van der Waals surface area contributed by atoms with E-state index in [9.17, 15) is 4.79 Å². The van der Waals surface area contributed by atoms with Gasteiger partial charge in [0, 0.05) is 19.3 Å². The molecule has 20 heavy (non-hydrogen) atoms. The monoisotopic (exact) mass is 276 g/mol. The summed E-state index contributed by atoms with van der Waals surface area (Å²) < 4.78 is 1.79. The van der Waals surface area contributed by atoms with Crippen LogP contribution >= 0.6 is 0 Å². The van der Waals surface area contributed by atoms with Gasteiger partial charge >= 0.3 is 0 Å². The highest BCUT2D eigenvalue weighted by Gasteiger charge is 2.11. The van der Waals surface area contributed by atoms with Crippen LogP contribution in [0.25, 0.3) is 5.65 Å². The molecule has 2 N–H and O–H groups in total. The number of aromatic nitrogens is 3. The second-order valence-corrected chi connectivity index (χ2v) is 4.89. The number of hydrogen-bond donors (Lipinski definition) is 2. The quantitative estimate of drug-likeness (QED) is 0.830. The molecule has 0 saturated heterocycles. The molecule has 2 heterocycles. The van der Waals surface area contributed by atoms with E-state index in [1.807, 2.05) is 6.92 Å². The minimum Gasteiger partial charge on any atom is -0.396 e. The van der Waals surface area contributed by atoms with Gasteiger partial charge in [-0.25, -0.2) is 0 Å². The molecule has 1 amide bonds. The molecule has 108 valence electrons. The fraction of sp³-hybridized carbons (Fsp3) is 0.500. The van der Waals surface area contributed by atoms with E-state index in [-0.39, 0.29) is 12.5 Å². The second-order valence-electron chi connectivity index (χ2n) is 4.89. The molecule has 2 aromatic rings. The van der Waals surface area contributed by atoms with Gasteiger partial charge in [0.15, 0.2) is 5.65 Å². The number of fused-ring (bicyclic) bond motifs is 1. The average molecular weight is 276 g/mol. The Hall–Kier alpha value is -1.95. The van der Waals surface area contributed by atoms with Gasteiger partial charge in [0.25, 0.3) is 5.91 Å². The minimum atomic E-state index is -0.114. The zero-order valence-corrected chi connectivity index (χ0v) is 11.8. The lowest BCUT2D eigenvalue weighted by atomic mass is 10.0. The van der Waals surface area contributed by atoms with E-state index in [1.165, 1.54) is 0 Å². The van der Waals surface area contributed by atoms with E-state index < -0.39 is 0 Å². The molecule has 1 unspecified atom stereocenters. The van der Waals surface area contributed by atoms with Crippen molar-refractivity contribution >= 4 is 11.6 Å². The fourth-order valence-electron chi connectivity index (χ4n) is 2.11. The number of carbonyl (C=O) groups is 1. The van der Waals surface area contributed by atoms with Crippen molar-refractivity contribution in [1.29, 1.82) is 0 Å². The number of amides is 1. The standard InChI is InChI=1S/C14H20N4O2/c1-3-11(6-7-19)8-15-14(20)12-4-5-13-17-16-10(2)18(13)9-12/h4-5,9,11,19H,3,6-8H2,1-2H3,(H,15,20). The van der Waals surface area contributed by atoms with E-state index in [0.717, 1.165) is 17.9 Å². The maximum atomic E-state index is 12.1. The first-order valence-electron chi connectivity index (χ1n) is 6.86. The molecule has 0 aliphatic heterocycles. The van der Waals surface area contributed by atoms with Crippen LogP contribution in [0.1, 0.15) is 35.9 Å². The van der Waals surface area contributed by atoms with Crippen molar-refractivity contribution in [2.75, 3.05) is 13.2 Å². The first-order valence-corrected chi connectivity index (χ1v) is 6.86. The highest BCUT2D eigenvalue weighted by Crippen LogP contribution is 2.08. The molecular weight excluding hydrogens is 256 g/mol. The predicted molar refractivity (Wildman–Crippen MR) is 75.5 cm³/mol. The van der Waals surface area contributed by atoms with Gasteiger partial charge in [0.05, 0.1) is 5.56 Å². The molecule has 0 aromatic carbocycles. The summed E-state index contributed by atoms with van der Waals surface area (Å²) in [6.45, 7) is 4.63. The Morgan fingerprint density at radius 3 is 2.95 bits per heavy atom. The Labute approximate surface area is 117 Å². The van der Waals surface area contributed by atoms with Crippen LogP contribution in [-0.4, -0.2) is 38.8 Å². The molecule has 0 spiro atoms. The Morgan fingerprint density at radius 2 is 2.25 bits per heavy atom. The molecule has 6 nitrogen and oxygen atoms in total. The SMILES string of the molecule is CCC(CCO)CNC(=O)c1ccc2nnc(C)n2c1. The summed E-state index contributed by atoms with van der Waals surface area (Å²) in [6.07, 6.45) is 3.39. The number of aryl methyl sites for hydroxylation is 1. The third-order valence-corrected chi connectivity index (χ3v) is 3.50. The number of nitrogens with one attached hydrogen (secondary N) is 1. The van der Waals surface area contributed by atoms with Gasteiger partial charge in [-0.15, -0.1) is 10.2 Å². The van der Waals surface area contributed by atoms with Crippen molar-refractivity contribution in [3.05, 3.63) is 29.7 Å². The van der Waals surface area contributed by atoms with Crippen LogP contribution in [0.15, 0.2) is 18.3 Å². The fourth-order valence-corrected chi connectivity index (χ4v) is 2.11. The third-order valence-electron chi connectivity index (χ3n) is 3.50. The molecule has 1 atom stereocenters. The Kier molecular flexibility index (Phi) is 4.68. The lowest BCUT2D eigenvalue weighted by molar-refractivity contribution is 0.0943. The number of pyridine rings is 1. The first kappa shape index (κ1) is 14.5. The molecule has 0 radical (unpaired) electrons. The van der Waals surface area contributed by atoms with Crippen molar-refractivity contribution in [1.82, 2.24) is 19.9 Å². The summed E-state index contributed by atoms with van der Waals surface area (Å²) in [7, 11) is 0. The van der Waals surface area contributed by atoms with Crippen molar-refractivity contribution in [2.45, 2.75) is 26.7 Å². The Bertz CT molecular complexity index is 594. The number of hydrogen-bond acceptors (Lipinski definition) is 4. The van der Waals surface area contributed by atoms with Crippen LogP contribution in [0.5, 0.6) is 0 Å². The molecule has 0 fully saturated rings. The van der Waals surface area contributed by atoms with Gasteiger partial charge in [0.2, 0.25) is 0 Å². The maximum Gasteiger partial charge on any atom is 0.252 e. The van der Waals surface area contributed by atoms with Crippen LogP contribution in [0.4, 0.5) is 0 Å². The molecule has 0 bridgehead atoms. The first-order chi connectivity index (χ1) is 9.65. The van der Waals surface area contributed by atoms with E-state index in [4.69, 9.17) is 5.11 Å². The van der Waals surface area contributed by atoms with Gasteiger partial charge in [0.1, 0.15) is 5.82 Å². The summed E-state index contributed by atoms with van der Waals surface area (Å²) in [5.41, 5.74) is 1.31. The average Bonchev–Trinajstić information content (AvgIpc) is 2.84. The highest BCUT2D eigenvalue weighted by molar-refractivity contribution is 5.94. The largest absolute Gasteiger partial charge is 0.396 e. The molecule has 6 heteroatoms. The van der Waals surface area contributed by atoms with E-state index in [0.29, 0.717) is 24.4 Å². The Morgan fingerprint density at radius 1 is 1.45 bits per heavy atom. The van der Waals surface area contributed by atoms with Gasteiger partial charge < -0.3 is 10.4 Å². The maximum absolute atomic E-state index is 12.1. The number of rotatable bonds is 6. The normalized spacial score (nSPS) is 12.6. The smallest absolute Gasteiger partial charge is 0.252 e. The lowest BCUT2D eigenvalue weighted by Crippen LogP contribution is -2.29. The lowest BCUT2D eigenvalue weighted by Gasteiger charge is -2.14. The zero-order chi connectivity index (χ0) is 14.5. The summed E-state index contributed by atoms with van der Waals surface area (Å²) in [5.74, 6) is 0.946. The molecule has 2 aromatic heterocycles. The van der Waals surface area contributed by atoms with Gasteiger partial charge in [-0.1, -0.05) is 13.3 Å². The zero-order valence-electron chi connectivity index (χ0n) is 11.8. The highest BCUT2D eigenvalue weighted by atomic mass is 16.3. The van der Waals surface area contributed by atoms with Crippen molar-refractivity contribution in [3.63, 3.8) is 0 Å². The summed E-state index contributed by atoms with van der Waals surface area (Å²) in [5, 5.41) is 19.8. The predicted octanol–water partition coefficient (Wildman–Crippen LogP) is 1.18. The van der Waals surface area contributed by atoms with Crippen LogP contribution < -0.4 is 5.32 Å². The molecule has 0 aliphatic carbocycles.